The molecular formula is C16H12Cl2N4O2S. The summed E-state index contributed by atoms with van der Waals surface area (Å²) in [5.41, 5.74) is 1.73. The van der Waals surface area contributed by atoms with Crippen LogP contribution in [0, 0.1) is 6.92 Å². The lowest BCUT2D eigenvalue weighted by molar-refractivity contribution is -0.117. The number of halogens is 2. The number of carbonyl (C=O) groups excluding carboxylic acids is 1. The van der Waals surface area contributed by atoms with Crippen molar-refractivity contribution in [3.8, 4) is 11.3 Å². The lowest BCUT2D eigenvalue weighted by Gasteiger charge is -2.08. The molecule has 0 aliphatic carbocycles. The van der Waals surface area contributed by atoms with Crippen LogP contribution in [0.25, 0.3) is 11.3 Å². The maximum Gasteiger partial charge on any atom is 0.287 e. The molecule has 0 radical (unpaired) electrons. The highest BCUT2D eigenvalue weighted by Gasteiger charge is 2.11. The molecule has 128 valence electrons. The van der Waals surface area contributed by atoms with Gasteiger partial charge in [0, 0.05) is 16.6 Å². The number of hydrogen-bond donors (Lipinski definition) is 1. The van der Waals surface area contributed by atoms with Crippen molar-refractivity contribution in [2.24, 2.45) is 0 Å². The van der Waals surface area contributed by atoms with Crippen LogP contribution in [0.1, 0.15) is 5.01 Å². The molecule has 0 spiro atoms. The zero-order valence-corrected chi connectivity index (χ0v) is 15.3. The van der Waals surface area contributed by atoms with Crippen LogP contribution in [-0.4, -0.2) is 20.7 Å². The highest BCUT2D eigenvalue weighted by Crippen LogP contribution is 2.24. The van der Waals surface area contributed by atoms with Crippen molar-refractivity contribution in [2.75, 3.05) is 5.32 Å². The maximum absolute atomic E-state index is 12.2. The summed E-state index contributed by atoms with van der Waals surface area (Å²) in [4.78, 5) is 28.5. The van der Waals surface area contributed by atoms with Crippen LogP contribution in [0.2, 0.25) is 10.0 Å². The molecule has 0 saturated heterocycles. The lowest BCUT2D eigenvalue weighted by atomic mass is 10.1. The monoisotopic (exact) mass is 394 g/mol. The second-order valence-corrected chi connectivity index (χ2v) is 7.00. The first-order valence-electron chi connectivity index (χ1n) is 7.17. The van der Waals surface area contributed by atoms with Crippen LogP contribution >= 0.6 is 34.5 Å². The molecule has 0 unspecified atom stereocenters. The Morgan fingerprint density at radius 3 is 2.88 bits per heavy atom. The zero-order valence-electron chi connectivity index (χ0n) is 13.0. The second kappa shape index (κ2) is 7.35. The smallest absolute Gasteiger partial charge is 0.287 e. The number of aromatic nitrogens is 3. The van der Waals surface area contributed by atoms with E-state index in [0.717, 1.165) is 20.9 Å². The highest BCUT2D eigenvalue weighted by molar-refractivity contribution is 7.09. The Labute approximate surface area is 157 Å². The van der Waals surface area contributed by atoms with Gasteiger partial charge in [0.2, 0.25) is 5.91 Å². The van der Waals surface area contributed by atoms with Crippen LogP contribution in [0.4, 0.5) is 5.69 Å². The fourth-order valence-electron chi connectivity index (χ4n) is 2.15. The minimum Gasteiger partial charge on any atom is -0.324 e. The van der Waals surface area contributed by atoms with Gasteiger partial charge in [0.1, 0.15) is 11.6 Å². The van der Waals surface area contributed by atoms with E-state index in [0.29, 0.717) is 5.69 Å². The van der Waals surface area contributed by atoms with Crippen molar-refractivity contribution < 1.29 is 4.79 Å². The molecule has 0 aliphatic heterocycles. The molecule has 0 atom stereocenters. The summed E-state index contributed by atoms with van der Waals surface area (Å²) in [7, 11) is 0. The molecule has 2 heterocycles. The molecule has 1 aromatic carbocycles. The molecule has 0 bridgehead atoms. The van der Waals surface area contributed by atoms with Crippen LogP contribution in [0.3, 0.4) is 0 Å². The number of rotatable bonds is 4. The SMILES string of the molecule is Cc1nc(-c2cccc(NC(=O)Cn3ncc(Cl)c(Cl)c3=O)c2)cs1. The number of nitrogens with zero attached hydrogens (tertiary/aromatic N) is 3. The van der Waals surface area contributed by atoms with Crippen LogP contribution in [0.15, 0.2) is 40.6 Å². The maximum atomic E-state index is 12.2. The number of nitrogens with one attached hydrogen (secondary N) is 1. The first kappa shape index (κ1) is 17.6. The van der Waals surface area contributed by atoms with Gasteiger partial charge < -0.3 is 5.32 Å². The Bertz CT molecular complexity index is 1000. The Kier molecular flexibility index (Phi) is 5.17. The predicted octanol–water partition coefficient (Wildman–Crippen LogP) is 3.62. The minimum absolute atomic E-state index is 0.0505. The summed E-state index contributed by atoms with van der Waals surface area (Å²) in [6.07, 6.45) is 1.23. The first-order valence-corrected chi connectivity index (χ1v) is 8.81. The van der Waals surface area contributed by atoms with E-state index in [1.54, 1.807) is 17.4 Å². The second-order valence-electron chi connectivity index (χ2n) is 5.15. The standard InChI is InChI=1S/C16H12Cl2N4O2S/c1-9-20-13(8-25-9)10-3-2-4-11(5-10)21-14(23)7-22-16(24)15(18)12(17)6-19-22/h2-6,8H,7H2,1H3,(H,21,23). The average molecular weight is 395 g/mol. The first-order chi connectivity index (χ1) is 11.9. The number of carbonyl (C=O) groups is 1. The molecule has 1 N–H and O–H groups in total. The van der Waals surface area contributed by atoms with Gasteiger partial charge in [0.05, 0.1) is 21.9 Å². The summed E-state index contributed by atoms with van der Waals surface area (Å²) < 4.78 is 0.956. The highest BCUT2D eigenvalue weighted by atomic mass is 35.5. The molecular weight excluding hydrogens is 383 g/mol. The van der Waals surface area contributed by atoms with Crippen molar-refractivity contribution in [3.63, 3.8) is 0 Å². The molecule has 0 fully saturated rings. The largest absolute Gasteiger partial charge is 0.324 e. The normalized spacial score (nSPS) is 10.7. The fraction of sp³-hybridized carbons (Fsp3) is 0.125. The third kappa shape index (κ3) is 4.07. The van der Waals surface area contributed by atoms with Crippen molar-refractivity contribution in [2.45, 2.75) is 13.5 Å². The summed E-state index contributed by atoms with van der Waals surface area (Å²) in [6.45, 7) is 1.66. The van der Waals surface area contributed by atoms with Gasteiger partial charge in [-0.05, 0) is 19.1 Å². The molecule has 3 aromatic rings. The van der Waals surface area contributed by atoms with Crippen molar-refractivity contribution in [3.05, 3.63) is 61.2 Å². The van der Waals surface area contributed by atoms with E-state index in [9.17, 15) is 9.59 Å². The van der Waals surface area contributed by atoms with E-state index in [4.69, 9.17) is 23.2 Å². The van der Waals surface area contributed by atoms with Gasteiger partial charge in [-0.3, -0.25) is 9.59 Å². The predicted molar refractivity (Wildman–Crippen MR) is 99.4 cm³/mol. The molecule has 0 aliphatic rings. The summed E-state index contributed by atoms with van der Waals surface area (Å²) in [5, 5.41) is 9.35. The lowest BCUT2D eigenvalue weighted by Crippen LogP contribution is -2.29. The summed E-state index contributed by atoms with van der Waals surface area (Å²) in [5.74, 6) is -0.403. The number of amides is 1. The van der Waals surface area contributed by atoms with Crippen LogP contribution < -0.4 is 10.9 Å². The van der Waals surface area contributed by atoms with E-state index >= 15 is 0 Å². The molecule has 3 rings (SSSR count). The van der Waals surface area contributed by atoms with Gasteiger partial charge in [-0.25, -0.2) is 9.67 Å². The number of benzene rings is 1. The molecule has 2 aromatic heterocycles. The third-order valence-corrected chi connectivity index (χ3v) is 4.82. The van der Waals surface area contributed by atoms with Crippen molar-refractivity contribution >= 4 is 46.1 Å². The van der Waals surface area contributed by atoms with Gasteiger partial charge in [-0.2, -0.15) is 5.10 Å². The Balaban J connectivity index is 1.76. The molecule has 1 amide bonds. The van der Waals surface area contributed by atoms with Crippen molar-refractivity contribution in [1.29, 1.82) is 0 Å². The average Bonchev–Trinajstić information content (AvgIpc) is 3.02. The van der Waals surface area contributed by atoms with Gasteiger partial charge in [0.15, 0.2) is 0 Å². The number of thiazole rings is 1. The third-order valence-electron chi connectivity index (χ3n) is 3.30. The Morgan fingerprint density at radius 2 is 2.16 bits per heavy atom. The topological polar surface area (TPSA) is 76.9 Å². The number of hydrogen-bond acceptors (Lipinski definition) is 5. The number of aryl methyl sites for hydroxylation is 1. The number of anilines is 1. The summed E-state index contributed by atoms with van der Waals surface area (Å²) >= 11 is 13.0. The minimum atomic E-state index is -0.615. The van der Waals surface area contributed by atoms with Crippen molar-refractivity contribution in [1.82, 2.24) is 14.8 Å². The Morgan fingerprint density at radius 1 is 1.36 bits per heavy atom. The van der Waals surface area contributed by atoms with E-state index in [1.807, 2.05) is 30.5 Å². The Hall–Kier alpha value is -2.22. The fourth-order valence-corrected chi connectivity index (χ4v) is 3.04. The van der Waals surface area contributed by atoms with E-state index < -0.39 is 11.5 Å². The van der Waals surface area contributed by atoms with Gasteiger partial charge in [-0.1, -0.05) is 35.3 Å². The molecule has 25 heavy (non-hydrogen) atoms. The van der Waals surface area contributed by atoms with E-state index in [-0.39, 0.29) is 16.6 Å². The van der Waals surface area contributed by atoms with Gasteiger partial charge >= 0.3 is 0 Å². The summed E-state index contributed by atoms with van der Waals surface area (Å²) in [6, 6.07) is 7.31. The quantitative estimate of drug-likeness (QED) is 0.732. The molecule has 0 saturated carbocycles. The van der Waals surface area contributed by atoms with E-state index in [2.05, 4.69) is 15.4 Å². The molecule has 6 nitrogen and oxygen atoms in total. The van der Waals surface area contributed by atoms with Gasteiger partial charge in [-0.15, -0.1) is 11.3 Å². The van der Waals surface area contributed by atoms with E-state index in [1.165, 1.54) is 6.20 Å². The molecule has 9 heteroatoms. The van der Waals surface area contributed by atoms with Gasteiger partial charge in [0.25, 0.3) is 5.56 Å². The van der Waals surface area contributed by atoms with Crippen LogP contribution in [-0.2, 0) is 11.3 Å². The van der Waals surface area contributed by atoms with Crippen LogP contribution in [0.5, 0.6) is 0 Å². The zero-order chi connectivity index (χ0) is 18.0.